The third-order valence-electron chi connectivity index (χ3n) is 4.72. The second kappa shape index (κ2) is 9.96. The molecule has 2 aliphatic rings. The van der Waals surface area contributed by atoms with Crippen LogP contribution < -0.4 is 10.6 Å². The second-order valence-electron chi connectivity index (χ2n) is 7.21. The molecule has 0 bridgehead atoms. The minimum absolute atomic E-state index is 0. The van der Waals surface area contributed by atoms with Gasteiger partial charge in [0.2, 0.25) is 0 Å². The molecule has 0 aromatic heterocycles. The van der Waals surface area contributed by atoms with Gasteiger partial charge in [0, 0.05) is 18.6 Å². The van der Waals surface area contributed by atoms with Gasteiger partial charge in [-0.1, -0.05) is 19.3 Å². The van der Waals surface area contributed by atoms with E-state index in [1.807, 2.05) is 0 Å². The summed E-state index contributed by atoms with van der Waals surface area (Å²) in [6.07, 6.45) is 8.22. The average Bonchev–Trinajstić information content (AvgIpc) is 3.30. The van der Waals surface area contributed by atoms with Gasteiger partial charge >= 0.3 is 0 Å². The molecule has 0 unspecified atom stereocenters. The normalized spacial score (nSPS) is 20.4. The highest BCUT2D eigenvalue weighted by Crippen LogP contribution is 2.31. The van der Waals surface area contributed by atoms with Crippen molar-refractivity contribution in [3.8, 4) is 0 Å². The number of hydrogen-bond donors (Lipinski definition) is 2. The number of halogens is 1. The van der Waals surface area contributed by atoms with E-state index in [0.717, 1.165) is 31.5 Å². The number of nitrogens with one attached hydrogen (secondary N) is 2. The molecule has 1 aliphatic carbocycles. The van der Waals surface area contributed by atoms with Crippen LogP contribution in [0, 0.1) is 5.92 Å². The summed E-state index contributed by atoms with van der Waals surface area (Å²) in [5, 5.41) is 6.86. The first-order valence-corrected chi connectivity index (χ1v) is 8.89. The van der Waals surface area contributed by atoms with Gasteiger partial charge in [-0.25, -0.2) is 0 Å². The number of aliphatic imine (C=N–C) groups is 1. The molecule has 0 atom stereocenters. The van der Waals surface area contributed by atoms with E-state index in [-0.39, 0.29) is 29.5 Å². The first-order valence-electron chi connectivity index (χ1n) is 8.89. The van der Waals surface area contributed by atoms with Gasteiger partial charge in [-0.15, -0.1) is 24.0 Å². The number of hydrogen-bond acceptors (Lipinski definition) is 2. The Morgan fingerprint density at radius 2 is 1.82 bits per heavy atom. The molecule has 0 amide bonds. The zero-order valence-electron chi connectivity index (χ0n) is 14.7. The molecule has 0 radical (unpaired) electrons. The van der Waals surface area contributed by atoms with E-state index in [1.54, 1.807) is 0 Å². The lowest BCUT2D eigenvalue weighted by Gasteiger charge is -2.40. The molecule has 2 rings (SSSR count). The van der Waals surface area contributed by atoms with E-state index in [2.05, 4.69) is 36.3 Å². The maximum Gasteiger partial charge on any atom is 0.191 e. The maximum atomic E-state index is 4.83. The zero-order chi connectivity index (χ0) is 15.1. The molecule has 22 heavy (non-hydrogen) atoms. The van der Waals surface area contributed by atoms with Crippen LogP contribution >= 0.6 is 24.0 Å². The van der Waals surface area contributed by atoms with Crippen molar-refractivity contribution in [2.24, 2.45) is 10.9 Å². The minimum Gasteiger partial charge on any atom is -0.357 e. The Labute approximate surface area is 153 Å². The fraction of sp³-hybridized carbons (Fsp3) is 0.941. The standard InChI is InChI=1S/C17H34N4.HI/c1-4-18-16(19-11-10-15-8-9-15)20-14-17(2,3)21-12-6-5-7-13-21;/h15H,4-14H2,1-3H3,(H2,18,19,20);1H. The van der Waals surface area contributed by atoms with Crippen LogP contribution in [0.1, 0.15) is 59.3 Å². The minimum atomic E-state index is 0. The number of guanidine groups is 1. The summed E-state index contributed by atoms with van der Waals surface area (Å²) >= 11 is 0. The van der Waals surface area contributed by atoms with Gasteiger partial charge in [-0.2, -0.15) is 0 Å². The third-order valence-corrected chi connectivity index (χ3v) is 4.72. The summed E-state index contributed by atoms with van der Waals surface area (Å²) in [6, 6.07) is 0. The summed E-state index contributed by atoms with van der Waals surface area (Å²) < 4.78 is 0. The highest BCUT2D eigenvalue weighted by atomic mass is 127. The van der Waals surface area contributed by atoms with Crippen LogP contribution in [0.15, 0.2) is 4.99 Å². The van der Waals surface area contributed by atoms with Crippen LogP contribution in [0.25, 0.3) is 0 Å². The molecule has 1 saturated carbocycles. The molecule has 5 heteroatoms. The topological polar surface area (TPSA) is 39.7 Å². The van der Waals surface area contributed by atoms with Crippen LogP contribution in [0.2, 0.25) is 0 Å². The summed E-state index contributed by atoms with van der Waals surface area (Å²) in [5.41, 5.74) is 0.166. The molecular formula is C17H35IN4. The first kappa shape index (κ1) is 20.0. The summed E-state index contributed by atoms with van der Waals surface area (Å²) in [4.78, 5) is 7.44. The van der Waals surface area contributed by atoms with Crippen molar-refractivity contribution < 1.29 is 0 Å². The van der Waals surface area contributed by atoms with Crippen molar-refractivity contribution in [2.45, 2.75) is 64.8 Å². The largest absolute Gasteiger partial charge is 0.357 e. The molecule has 0 spiro atoms. The molecule has 2 fully saturated rings. The first-order chi connectivity index (χ1) is 10.1. The van der Waals surface area contributed by atoms with Gasteiger partial charge in [0.25, 0.3) is 0 Å². The van der Waals surface area contributed by atoms with Crippen molar-refractivity contribution in [3.63, 3.8) is 0 Å². The lowest BCUT2D eigenvalue weighted by atomic mass is 9.99. The van der Waals surface area contributed by atoms with Crippen LogP contribution in [0.4, 0.5) is 0 Å². The van der Waals surface area contributed by atoms with Gasteiger partial charge < -0.3 is 10.6 Å². The van der Waals surface area contributed by atoms with Gasteiger partial charge in [0.15, 0.2) is 5.96 Å². The molecule has 1 saturated heterocycles. The molecule has 1 heterocycles. The average molecular weight is 422 g/mol. The summed E-state index contributed by atoms with van der Waals surface area (Å²) in [7, 11) is 0. The predicted molar refractivity (Wildman–Crippen MR) is 106 cm³/mol. The Morgan fingerprint density at radius 1 is 1.14 bits per heavy atom. The van der Waals surface area contributed by atoms with Crippen LogP contribution in [-0.2, 0) is 0 Å². The number of likely N-dealkylation sites (tertiary alicyclic amines) is 1. The maximum absolute atomic E-state index is 4.83. The van der Waals surface area contributed by atoms with E-state index in [4.69, 9.17) is 4.99 Å². The van der Waals surface area contributed by atoms with E-state index in [0.29, 0.717) is 0 Å². The lowest BCUT2D eigenvalue weighted by Crippen LogP contribution is -2.49. The Bertz CT molecular complexity index is 334. The Morgan fingerprint density at radius 3 is 2.41 bits per heavy atom. The van der Waals surface area contributed by atoms with E-state index >= 15 is 0 Å². The second-order valence-corrected chi connectivity index (χ2v) is 7.21. The Balaban J connectivity index is 0.00000242. The van der Waals surface area contributed by atoms with Crippen molar-refractivity contribution in [2.75, 3.05) is 32.7 Å². The van der Waals surface area contributed by atoms with Crippen LogP contribution in [0.3, 0.4) is 0 Å². The van der Waals surface area contributed by atoms with Gasteiger partial charge in [0.1, 0.15) is 0 Å². The van der Waals surface area contributed by atoms with Crippen molar-refractivity contribution in [1.29, 1.82) is 0 Å². The Hall–Kier alpha value is -0.0400. The quantitative estimate of drug-likeness (QED) is 0.376. The molecule has 2 N–H and O–H groups in total. The summed E-state index contributed by atoms with van der Waals surface area (Å²) in [6.45, 7) is 12.1. The third kappa shape index (κ3) is 7.02. The monoisotopic (exact) mass is 422 g/mol. The summed E-state index contributed by atoms with van der Waals surface area (Å²) in [5.74, 6) is 1.97. The smallest absolute Gasteiger partial charge is 0.191 e. The highest BCUT2D eigenvalue weighted by molar-refractivity contribution is 14.0. The van der Waals surface area contributed by atoms with E-state index < -0.39 is 0 Å². The number of piperidine rings is 1. The molecule has 4 nitrogen and oxygen atoms in total. The molecule has 0 aromatic rings. The zero-order valence-corrected chi connectivity index (χ0v) is 17.0. The highest BCUT2D eigenvalue weighted by Gasteiger charge is 2.27. The molecule has 130 valence electrons. The molecular weight excluding hydrogens is 387 g/mol. The van der Waals surface area contributed by atoms with Crippen LogP contribution in [0.5, 0.6) is 0 Å². The fourth-order valence-corrected chi connectivity index (χ4v) is 3.01. The lowest BCUT2D eigenvalue weighted by molar-refractivity contribution is 0.102. The Kier molecular flexibility index (Phi) is 9.05. The number of rotatable bonds is 7. The van der Waals surface area contributed by atoms with Crippen molar-refractivity contribution in [1.82, 2.24) is 15.5 Å². The van der Waals surface area contributed by atoms with E-state index in [1.165, 1.54) is 51.6 Å². The molecule has 1 aliphatic heterocycles. The molecule has 0 aromatic carbocycles. The van der Waals surface area contributed by atoms with Crippen molar-refractivity contribution >= 4 is 29.9 Å². The fourth-order valence-electron chi connectivity index (χ4n) is 3.01. The number of nitrogens with zero attached hydrogens (tertiary/aromatic N) is 2. The van der Waals surface area contributed by atoms with Crippen LogP contribution in [-0.4, -0.2) is 49.1 Å². The van der Waals surface area contributed by atoms with Gasteiger partial charge in [0.05, 0.1) is 6.54 Å². The van der Waals surface area contributed by atoms with Crippen molar-refractivity contribution in [3.05, 3.63) is 0 Å². The van der Waals surface area contributed by atoms with Gasteiger partial charge in [-0.3, -0.25) is 9.89 Å². The van der Waals surface area contributed by atoms with E-state index in [9.17, 15) is 0 Å². The SMILES string of the molecule is CCNC(=NCC(C)(C)N1CCCCC1)NCCC1CC1.I. The predicted octanol–water partition coefficient (Wildman–Crippen LogP) is 3.22. The van der Waals surface area contributed by atoms with Gasteiger partial charge in [-0.05, 0) is 59.0 Å².